The van der Waals surface area contributed by atoms with Crippen LogP contribution in [-0.2, 0) is 0 Å². The summed E-state index contributed by atoms with van der Waals surface area (Å²) in [6, 6.07) is 13.3. The summed E-state index contributed by atoms with van der Waals surface area (Å²) in [6.07, 6.45) is 0. The smallest absolute Gasteiger partial charge is 0.101 e. The van der Waals surface area contributed by atoms with E-state index in [4.69, 9.17) is 17.3 Å². The van der Waals surface area contributed by atoms with Gasteiger partial charge in [0.15, 0.2) is 0 Å². The van der Waals surface area contributed by atoms with Crippen LogP contribution in [0.1, 0.15) is 27.7 Å². The number of halogens is 1. The molecule has 0 unspecified atom stereocenters. The van der Waals surface area contributed by atoms with Crippen LogP contribution in [0.15, 0.2) is 42.5 Å². The van der Waals surface area contributed by atoms with Gasteiger partial charge in [-0.3, -0.25) is 5.10 Å². The minimum atomic E-state index is 0.692. The van der Waals surface area contributed by atoms with E-state index in [9.17, 15) is 0 Å². The SMILES string of the molecule is CC.CC.Nc1ccc2c(-c3ccccc3Cl)n[nH]c2c1. The van der Waals surface area contributed by atoms with Gasteiger partial charge in [-0.2, -0.15) is 5.10 Å². The summed E-state index contributed by atoms with van der Waals surface area (Å²) in [5, 5.41) is 8.98. The highest BCUT2D eigenvalue weighted by Gasteiger charge is 2.10. The molecule has 21 heavy (non-hydrogen) atoms. The average Bonchev–Trinajstić information content (AvgIpc) is 2.94. The van der Waals surface area contributed by atoms with E-state index in [1.807, 2.05) is 70.2 Å². The van der Waals surface area contributed by atoms with Crippen molar-refractivity contribution in [1.82, 2.24) is 10.2 Å². The summed E-state index contributed by atoms with van der Waals surface area (Å²) in [7, 11) is 0. The Labute approximate surface area is 131 Å². The molecule has 3 nitrogen and oxygen atoms in total. The lowest BCUT2D eigenvalue weighted by Crippen LogP contribution is -1.83. The fourth-order valence-corrected chi connectivity index (χ4v) is 2.12. The zero-order valence-corrected chi connectivity index (χ0v) is 13.7. The molecule has 3 rings (SSSR count). The molecule has 0 radical (unpaired) electrons. The number of fused-ring (bicyclic) bond motifs is 1. The van der Waals surface area contributed by atoms with Crippen molar-refractivity contribution in [1.29, 1.82) is 0 Å². The largest absolute Gasteiger partial charge is 0.399 e. The van der Waals surface area contributed by atoms with Crippen LogP contribution in [0.25, 0.3) is 22.2 Å². The number of nitrogens with two attached hydrogens (primary N) is 1. The molecule has 0 aliphatic heterocycles. The molecule has 1 heterocycles. The van der Waals surface area contributed by atoms with Crippen molar-refractivity contribution in [3.05, 3.63) is 47.5 Å². The highest BCUT2D eigenvalue weighted by molar-refractivity contribution is 6.33. The number of aromatic nitrogens is 2. The zero-order chi connectivity index (χ0) is 15.8. The van der Waals surface area contributed by atoms with Crippen LogP contribution in [0.3, 0.4) is 0 Å². The van der Waals surface area contributed by atoms with Crippen LogP contribution in [-0.4, -0.2) is 10.2 Å². The van der Waals surface area contributed by atoms with Crippen LogP contribution < -0.4 is 5.73 Å². The second kappa shape index (κ2) is 8.32. The molecule has 0 saturated heterocycles. The maximum atomic E-state index is 6.17. The molecule has 0 amide bonds. The first-order valence-corrected chi connectivity index (χ1v) is 7.62. The van der Waals surface area contributed by atoms with Gasteiger partial charge in [-0.05, 0) is 24.3 Å². The Morgan fingerprint density at radius 1 is 1.00 bits per heavy atom. The Bertz CT molecular complexity index is 689. The molecule has 0 aliphatic carbocycles. The second-order valence-corrected chi connectivity index (χ2v) is 4.26. The molecular formula is C17H22ClN3. The van der Waals surface area contributed by atoms with Gasteiger partial charge in [0.05, 0.1) is 10.5 Å². The van der Waals surface area contributed by atoms with E-state index < -0.39 is 0 Å². The molecule has 2 aromatic carbocycles. The van der Waals surface area contributed by atoms with Crippen LogP contribution in [0, 0.1) is 0 Å². The van der Waals surface area contributed by atoms with Gasteiger partial charge in [0, 0.05) is 16.6 Å². The van der Waals surface area contributed by atoms with Gasteiger partial charge < -0.3 is 5.73 Å². The van der Waals surface area contributed by atoms with Crippen LogP contribution in [0.4, 0.5) is 5.69 Å². The number of hydrogen-bond donors (Lipinski definition) is 2. The number of benzene rings is 2. The van der Waals surface area contributed by atoms with Gasteiger partial charge >= 0.3 is 0 Å². The Balaban J connectivity index is 0.000000510. The van der Waals surface area contributed by atoms with E-state index in [-0.39, 0.29) is 0 Å². The van der Waals surface area contributed by atoms with Crippen molar-refractivity contribution in [2.45, 2.75) is 27.7 Å². The topological polar surface area (TPSA) is 54.7 Å². The third-order valence-electron chi connectivity index (χ3n) is 2.72. The number of hydrogen-bond acceptors (Lipinski definition) is 2. The normalized spacial score (nSPS) is 9.38. The number of aromatic amines is 1. The van der Waals surface area contributed by atoms with E-state index in [1.165, 1.54) is 0 Å². The number of nitrogens with zero attached hydrogens (tertiary/aromatic N) is 1. The third-order valence-corrected chi connectivity index (χ3v) is 3.05. The minimum Gasteiger partial charge on any atom is -0.399 e. The maximum absolute atomic E-state index is 6.17. The maximum Gasteiger partial charge on any atom is 0.101 e. The second-order valence-electron chi connectivity index (χ2n) is 3.86. The number of nitrogens with one attached hydrogen (secondary N) is 1. The molecule has 0 saturated carbocycles. The summed E-state index contributed by atoms with van der Waals surface area (Å²) < 4.78 is 0. The average molecular weight is 304 g/mol. The van der Waals surface area contributed by atoms with Crippen molar-refractivity contribution in [3.8, 4) is 11.3 Å². The van der Waals surface area contributed by atoms with Crippen molar-refractivity contribution >= 4 is 28.2 Å². The van der Waals surface area contributed by atoms with E-state index >= 15 is 0 Å². The fraction of sp³-hybridized carbons (Fsp3) is 0.235. The first-order chi connectivity index (χ1) is 10.3. The van der Waals surface area contributed by atoms with Crippen molar-refractivity contribution in [2.75, 3.05) is 5.73 Å². The Hall–Kier alpha value is -2.00. The van der Waals surface area contributed by atoms with Gasteiger partial charge in [0.25, 0.3) is 0 Å². The first-order valence-electron chi connectivity index (χ1n) is 7.24. The predicted octanol–water partition coefficient (Wildman–Crippen LogP) is 5.52. The monoisotopic (exact) mass is 303 g/mol. The highest BCUT2D eigenvalue weighted by atomic mass is 35.5. The molecule has 0 fully saturated rings. The minimum absolute atomic E-state index is 0.692. The molecule has 0 atom stereocenters. The lowest BCUT2D eigenvalue weighted by atomic mass is 10.1. The zero-order valence-electron chi connectivity index (χ0n) is 12.9. The Kier molecular flexibility index (Phi) is 6.76. The quantitative estimate of drug-likeness (QED) is 0.582. The lowest BCUT2D eigenvalue weighted by Gasteiger charge is -2.00. The van der Waals surface area contributed by atoms with E-state index in [1.54, 1.807) is 0 Å². The summed E-state index contributed by atoms with van der Waals surface area (Å²) in [5.41, 5.74) is 9.13. The fourth-order valence-electron chi connectivity index (χ4n) is 1.90. The number of rotatable bonds is 1. The van der Waals surface area contributed by atoms with Gasteiger partial charge in [-0.1, -0.05) is 57.5 Å². The number of anilines is 1. The van der Waals surface area contributed by atoms with Crippen molar-refractivity contribution in [2.24, 2.45) is 0 Å². The lowest BCUT2D eigenvalue weighted by molar-refractivity contribution is 1.12. The molecule has 3 N–H and O–H groups in total. The Morgan fingerprint density at radius 2 is 1.67 bits per heavy atom. The van der Waals surface area contributed by atoms with Crippen LogP contribution in [0.2, 0.25) is 5.02 Å². The molecule has 0 aliphatic rings. The third kappa shape index (κ3) is 3.76. The van der Waals surface area contributed by atoms with Crippen molar-refractivity contribution < 1.29 is 0 Å². The van der Waals surface area contributed by atoms with E-state index in [0.717, 1.165) is 22.2 Å². The van der Waals surface area contributed by atoms with Gasteiger partial charge in [-0.15, -0.1) is 0 Å². The molecule has 4 heteroatoms. The van der Waals surface area contributed by atoms with Gasteiger partial charge in [-0.25, -0.2) is 0 Å². The highest BCUT2D eigenvalue weighted by Crippen LogP contribution is 2.31. The summed E-state index contributed by atoms with van der Waals surface area (Å²) >= 11 is 6.17. The molecule has 1 aromatic heterocycles. The summed E-state index contributed by atoms with van der Waals surface area (Å²) in [6.45, 7) is 8.00. The van der Waals surface area contributed by atoms with Gasteiger partial charge in [0.1, 0.15) is 5.69 Å². The van der Waals surface area contributed by atoms with E-state index in [2.05, 4.69) is 10.2 Å². The standard InChI is InChI=1S/C13H10ClN3.2C2H6/c14-11-4-2-1-3-9(11)13-10-6-5-8(15)7-12(10)16-17-13;2*1-2/h1-7H,15H2,(H,16,17);2*1-2H3. The number of nitrogen functional groups attached to an aromatic ring is 1. The van der Waals surface area contributed by atoms with Crippen LogP contribution >= 0.6 is 11.6 Å². The summed E-state index contributed by atoms with van der Waals surface area (Å²) in [5.74, 6) is 0. The molecular weight excluding hydrogens is 282 g/mol. The number of H-pyrrole nitrogens is 1. The molecule has 112 valence electrons. The van der Waals surface area contributed by atoms with Gasteiger partial charge in [0.2, 0.25) is 0 Å². The Morgan fingerprint density at radius 3 is 2.33 bits per heavy atom. The molecule has 0 spiro atoms. The molecule has 0 bridgehead atoms. The van der Waals surface area contributed by atoms with Crippen LogP contribution in [0.5, 0.6) is 0 Å². The first kappa shape index (κ1) is 17.1. The summed E-state index contributed by atoms with van der Waals surface area (Å²) in [4.78, 5) is 0. The van der Waals surface area contributed by atoms with Crippen molar-refractivity contribution in [3.63, 3.8) is 0 Å². The molecule has 3 aromatic rings. The van der Waals surface area contributed by atoms with E-state index in [0.29, 0.717) is 10.7 Å². The predicted molar refractivity (Wildman–Crippen MR) is 93.6 cm³/mol.